The zero-order chi connectivity index (χ0) is 17.1. The Labute approximate surface area is 149 Å². The minimum absolute atomic E-state index is 0.242. The fourth-order valence-electron chi connectivity index (χ4n) is 3.10. The Morgan fingerprint density at radius 3 is 2.96 bits per heavy atom. The molecule has 3 rings (SSSR count). The van der Waals surface area contributed by atoms with Gasteiger partial charge in [-0.05, 0) is 35.7 Å². The molecule has 0 radical (unpaired) electrons. The van der Waals surface area contributed by atoms with E-state index >= 15 is 0 Å². The minimum atomic E-state index is -0.242. The summed E-state index contributed by atoms with van der Waals surface area (Å²) in [5.41, 5.74) is 2.15. The van der Waals surface area contributed by atoms with Gasteiger partial charge in [-0.25, -0.2) is 4.39 Å². The first-order valence-corrected chi connectivity index (χ1v) is 8.73. The van der Waals surface area contributed by atoms with Crippen molar-refractivity contribution in [1.82, 2.24) is 20.0 Å². The standard InChI is InChI=1S/C17H21BrFN5/c1-20-17(21-8-12-5-15(18)7-16(19)6-12)24-4-3-13(11-24)14-9-22-23(2)10-14/h5-7,9-10,13H,3-4,8,11H2,1-2H3,(H,20,21). The lowest BCUT2D eigenvalue weighted by Gasteiger charge is -2.21. The van der Waals surface area contributed by atoms with Crippen LogP contribution < -0.4 is 5.32 Å². The molecular weight excluding hydrogens is 373 g/mol. The Kier molecular flexibility index (Phi) is 5.18. The molecule has 0 aliphatic carbocycles. The van der Waals surface area contributed by atoms with Crippen LogP contribution in [0.1, 0.15) is 23.5 Å². The summed E-state index contributed by atoms with van der Waals surface area (Å²) in [6.45, 7) is 2.40. The van der Waals surface area contributed by atoms with Crippen molar-refractivity contribution in [2.24, 2.45) is 12.0 Å². The van der Waals surface area contributed by atoms with Crippen molar-refractivity contribution in [3.8, 4) is 0 Å². The third-order valence-electron chi connectivity index (χ3n) is 4.27. The molecule has 5 nitrogen and oxygen atoms in total. The van der Waals surface area contributed by atoms with E-state index in [1.807, 2.05) is 24.0 Å². The largest absolute Gasteiger partial charge is 0.352 e. The molecule has 1 aromatic carbocycles. The number of halogens is 2. The number of likely N-dealkylation sites (tertiary alicyclic amines) is 1. The SMILES string of the molecule is CN=C(NCc1cc(F)cc(Br)c1)N1CCC(c2cnn(C)c2)C1. The number of nitrogens with one attached hydrogen (secondary N) is 1. The van der Waals surface area contributed by atoms with Gasteiger partial charge >= 0.3 is 0 Å². The molecule has 24 heavy (non-hydrogen) atoms. The lowest BCUT2D eigenvalue weighted by Crippen LogP contribution is -2.39. The van der Waals surface area contributed by atoms with E-state index in [1.54, 1.807) is 7.05 Å². The third-order valence-corrected chi connectivity index (χ3v) is 4.73. The van der Waals surface area contributed by atoms with E-state index in [2.05, 4.69) is 42.4 Å². The Bertz CT molecular complexity index is 722. The summed E-state index contributed by atoms with van der Waals surface area (Å²) in [6.07, 6.45) is 5.10. The average molecular weight is 394 g/mol. The van der Waals surface area contributed by atoms with E-state index in [1.165, 1.54) is 17.7 Å². The smallest absolute Gasteiger partial charge is 0.193 e. The minimum Gasteiger partial charge on any atom is -0.352 e. The van der Waals surface area contributed by atoms with Crippen LogP contribution in [0.4, 0.5) is 4.39 Å². The second kappa shape index (κ2) is 7.34. The highest BCUT2D eigenvalue weighted by Crippen LogP contribution is 2.26. The molecule has 0 spiro atoms. The summed E-state index contributed by atoms with van der Waals surface area (Å²) in [5.74, 6) is 1.08. The first-order chi connectivity index (χ1) is 11.5. The average Bonchev–Trinajstić information content (AvgIpc) is 3.16. The van der Waals surface area contributed by atoms with Crippen molar-refractivity contribution in [3.05, 3.63) is 52.0 Å². The lowest BCUT2D eigenvalue weighted by molar-refractivity contribution is 0.485. The Balaban J connectivity index is 1.61. The predicted octanol–water partition coefficient (Wildman–Crippen LogP) is 2.89. The molecule has 128 valence electrons. The molecule has 1 N–H and O–H groups in total. The molecule has 1 aliphatic heterocycles. The summed E-state index contributed by atoms with van der Waals surface area (Å²) < 4.78 is 16.1. The Morgan fingerprint density at radius 1 is 1.46 bits per heavy atom. The topological polar surface area (TPSA) is 45.5 Å². The van der Waals surface area contributed by atoms with Crippen molar-refractivity contribution in [2.75, 3.05) is 20.1 Å². The van der Waals surface area contributed by atoms with E-state index in [-0.39, 0.29) is 5.82 Å². The van der Waals surface area contributed by atoms with Gasteiger partial charge in [-0.2, -0.15) is 5.10 Å². The van der Waals surface area contributed by atoms with Crippen LogP contribution in [0.25, 0.3) is 0 Å². The fourth-order valence-corrected chi connectivity index (χ4v) is 3.61. The number of aliphatic imine (C=N–C) groups is 1. The normalized spacial score (nSPS) is 18.2. The van der Waals surface area contributed by atoms with Gasteiger partial charge in [0.15, 0.2) is 5.96 Å². The summed E-state index contributed by atoms with van der Waals surface area (Å²) in [4.78, 5) is 6.61. The molecule has 1 atom stereocenters. The maximum atomic E-state index is 13.5. The zero-order valence-electron chi connectivity index (χ0n) is 13.8. The molecule has 7 heteroatoms. The van der Waals surface area contributed by atoms with Crippen molar-refractivity contribution >= 4 is 21.9 Å². The van der Waals surface area contributed by atoms with Gasteiger partial charge < -0.3 is 10.2 Å². The first kappa shape index (κ1) is 17.0. The van der Waals surface area contributed by atoms with Gasteiger partial charge in [0.05, 0.1) is 6.20 Å². The predicted molar refractivity (Wildman–Crippen MR) is 96.4 cm³/mol. The number of nitrogens with zero attached hydrogens (tertiary/aromatic N) is 4. The van der Waals surface area contributed by atoms with Gasteiger partial charge in [-0.1, -0.05) is 15.9 Å². The number of guanidine groups is 1. The molecular formula is C17H21BrFN5. The van der Waals surface area contributed by atoms with Gasteiger partial charge in [0.1, 0.15) is 5.82 Å². The maximum absolute atomic E-state index is 13.5. The highest BCUT2D eigenvalue weighted by Gasteiger charge is 2.26. The van der Waals surface area contributed by atoms with Crippen LogP contribution in [-0.2, 0) is 13.6 Å². The maximum Gasteiger partial charge on any atom is 0.193 e. The molecule has 0 bridgehead atoms. The highest BCUT2D eigenvalue weighted by molar-refractivity contribution is 9.10. The van der Waals surface area contributed by atoms with E-state index < -0.39 is 0 Å². The summed E-state index contributed by atoms with van der Waals surface area (Å²) in [5, 5.41) is 7.58. The quantitative estimate of drug-likeness (QED) is 0.643. The highest BCUT2D eigenvalue weighted by atomic mass is 79.9. The number of benzene rings is 1. The van der Waals surface area contributed by atoms with Gasteiger partial charge in [-0.15, -0.1) is 0 Å². The van der Waals surface area contributed by atoms with Crippen LogP contribution in [0, 0.1) is 5.82 Å². The van der Waals surface area contributed by atoms with Crippen LogP contribution in [0.15, 0.2) is 40.1 Å². The fraction of sp³-hybridized carbons (Fsp3) is 0.412. The van der Waals surface area contributed by atoms with E-state index in [4.69, 9.17) is 0 Å². The summed E-state index contributed by atoms with van der Waals surface area (Å²) in [6, 6.07) is 4.90. The second-order valence-electron chi connectivity index (χ2n) is 6.06. The van der Waals surface area contributed by atoms with Crippen LogP contribution in [-0.4, -0.2) is 40.8 Å². The number of aryl methyl sites for hydroxylation is 1. The molecule has 2 aromatic rings. The van der Waals surface area contributed by atoms with Crippen molar-refractivity contribution in [3.63, 3.8) is 0 Å². The number of hydrogen-bond donors (Lipinski definition) is 1. The lowest BCUT2D eigenvalue weighted by atomic mass is 10.0. The van der Waals surface area contributed by atoms with E-state index in [0.29, 0.717) is 12.5 Å². The van der Waals surface area contributed by atoms with Gasteiger partial charge in [0.25, 0.3) is 0 Å². The Morgan fingerprint density at radius 2 is 2.29 bits per heavy atom. The molecule has 0 amide bonds. The molecule has 1 aliphatic rings. The molecule has 1 unspecified atom stereocenters. The summed E-state index contributed by atoms with van der Waals surface area (Å²) in [7, 11) is 3.72. The molecule has 1 fully saturated rings. The van der Waals surface area contributed by atoms with Crippen molar-refractivity contribution < 1.29 is 4.39 Å². The van der Waals surface area contributed by atoms with Gasteiger partial charge in [-0.3, -0.25) is 9.67 Å². The zero-order valence-corrected chi connectivity index (χ0v) is 15.4. The van der Waals surface area contributed by atoms with Gasteiger partial charge in [0, 0.05) is 50.3 Å². The summed E-state index contributed by atoms with van der Waals surface area (Å²) >= 11 is 3.32. The number of rotatable bonds is 3. The van der Waals surface area contributed by atoms with Gasteiger partial charge in [0.2, 0.25) is 0 Å². The molecule has 1 aromatic heterocycles. The van der Waals surface area contributed by atoms with E-state index in [9.17, 15) is 4.39 Å². The van der Waals surface area contributed by atoms with Crippen molar-refractivity contribution in [1.29, 1.82) is 0 Å². The number of aromatic nitrogens is 2. The number of hydrogen-bond acceptors (Lipinski definition) is 2. The molecule has 0 saturated carbocycles. The molecule has 1 saturated heterocycles. The Hall–Kier alpha value is -1.89. The van der Waals surface area contributed by atoms with Crippen LogP contribution in [0.3, 0.4) is 0 Å². The van der Waals surface area contributed by atoms with Crippen LogP contribution in [0.2, 0.25) is 0 Å². The third kappa shape index (κ3) is 3.95. The van der Waals surface area contributed by atoms with Crippen molar-refractivity contribution in [2.45, 2.75) is 18.9 Å². The van der Waals surface area contributed by atoms with Crippen LogP contribution in [0.5, 0.6) is 0 Å². The molecule has 2 heterocycles. The van der Waals surface area contributed by atoms with Crippen LogP contribution >= 0.6 is 15.9 Å². The second-order valence-corrected chi connectivity index (χ2v) is 6.97. The monoisotopic (exact) mass is 393 g/mol. The first-order valence-electron chi connectivity index (χ1n) is 7.94. The van der Waals surface area contributed by atoms with E-state index in [0.717, 1.165) is 35.5 Å².